The summed E-state index contributed by atoms with van der Waals surface area (Å²) >= 11 is 0. The Morgan fingerprint density at radius 1 is 0.634 bits per heavy atom. The van der Waals surface area contributed by atoms with Gasteiger partial charge in [0.05, 0.1) is 24.5 Å². The molecule has 4 rings (SSSR count). The number of hydrogen-bond acceptors (Lipinski definition) is 6. The van der Waals surface area contributed by atoms with Crippen LogP contribution in [0, 0.1) is 0 Å². The van der Waals surface area contributed by atoms with Crippen molar-refractivity contribution in [3.8, 4) is 11.5 Å². The lowest BCUT2D eigenvalue weighted by Crippen LogP contribution is -2.42. The zero-order valence-electron chi connectivity index (χ0n) is 22.4. The molecule has 0 aliphatic carbocycles. The standard InChI is InChI=1S/C32H32N4O5/c33-27-13-7-8-14-28(27)36-30(37)24-17-15-23(16-18-24)29(31(38)34-19-21-40-25-9-3-1-4-10-25)32(39)35-20-22-41-26-11-5-2-6-12-26/h1-18,29H,19-22,33H2,(H,34,38)(H,35,39)(H,36,37). The van der Waals surface area contributed by atoms with Gasteiger partial charge in [-0.05, 0) is 54.1 Å². The van der Waals surface area contributed by atoms with E-state index >= 15 is 0 Å². The van der Waals surface area contributed by atoms with E-state index in [9.17, 15) is 14.4 Å². The van der Waals surface area contributed by atoms with Crippen LogP contribution in [0.5, 0.6) is 11.5 Å². The molecule has 3 amide bonds. The molecule has 0 aliphatic rings. The van der Waals surface area contributed by atoms with Gasteiger partial charge in [-0.2, -0.15) is 0 Å². The summed E-state index contributed by atoms with van der Waals surface area (Å²) in [5.41, 5.74) is 7.64. The Bertz CT molecular complexity index is 1370. The number of para-hydroxylation sites is 4. The van der Waals surface area contributed by atoms with E-state index in [1.54, 1.807) is 48.5 Å². The largest absolute Gasteiger partial charge is 0.492 e. The third kappa shape index (κ3) is 8.59. The van der Waals surface area contributed by atoms with Gasteiger partial charge in [0.2, 0.25) is 11.8 Å². The van der Waals surface area contributed by atoms with Crippen molar-refractivity contribution < 1.29 is 23.9 Å². The highest BCUT2D eigenvalue weighted by Gasteiger charge is 2.28. The van der Waals surface area contributed by atoms with Crippen molar-refractivity contribution >= 4 is 29.1 Å². The minimum atomic E-state index is -1.15. The van der Waals surface area contributed by atoms with Crippen LogP contribution in [-0.4, -0.2) is 44.0 Å². The first-order valence-corrected chi connectivity index (χ1v) is 13.2. The maximum absolute atomic E-state index is 13.2. The molecule has 0 bridgehead atoms. The first kappa shape index (κ1) is 28.7. The Kier molecular flexibility index (Phi) is 10.3. The molecule has 0 spiro atoms. The lowest BCUT2D eigenvalue weighted by molar-refractivity contribution is -0.131. The highest BCUT2D eigenvalue weighted by molar-refractivity contribution is 6.07. The smallest absolute Gasteiger partial charge is 0.255 e. The molecular formula is C32H32N4O5. The second-order valence-corrected chi connectivity index (χ2v) is 9.00. The fourth-order valence-corrected chi connectivity index (χ4v) is 3.98. The van der Waals surface area contributed by atoms with Crippen LogP contribution in [0.15, 0.2) is 109 Å². The molecule has 0 heterocycles. The topological polar surface area (TPSA) is 132 Å². The van der Waals surface area contributed by atoms with E-state index in [0.717, 1.165) is 0 Å². The molecule has 0 aromatic heterocycles. The molecule has 0 radical (unpaired) electrons. The van der Waals surface area contributed by atoms with Crippen molar-refractivity contribution in [1.29, 1.82) is 0 Å². The van der Waals surface area contributed by atoms with Gasteiger partial charge in [0.15, 0.2) is 0 Å². The zero-order chi connectivity index (χ0) is 28.9. The molecule has 0 saturated heterocycles. The van der Waals surface area contributed by atoms with E-state index in [1.165, 1.54) is 0 Å². The molecule has 9 heteroatoms. The molecule has 210 valence electrons. The molecular weight excluding hydrogens is 520 g/mol. The van der Waals surface area contributed by atoms with E-state index < -0.39 is 17.7 Å². The molecule has 0 atom stereocenters. The fourth-order valence-electron chi connectivity index (χ4n) is 3.98. The molecule has 41 heavy (non-hydrogen) atoms. The van der Waals surface area contributed by atoms with Crippen LogP contribution in [-0.2, 0) is 9.59 Å². The number of nitrogens with two attached hydrogens (primary N) is 1. The number of benzene rings is 4. The summed E-state index contributed by atoms with van der Waals surface area (Å²) in [7, 11) is 0. The highest BCUT2D eigenvalue weighted by Crippen LogP contribution is 2.21. The van der Waals surface area contributed by atoms with Crippen LogP contribution in [0.1, 0.15) is 21.8 Å². The molecule has 5 N–H and O–H groups in total. The predicted molar refractivity (Wildman–Crippen MR) is 158 cm³/mol. The zero-order valence-corrected chi connectivity index (χ0v) is 22.4. The Morgan fingerprint density at radius 3 is 1.63 bits per heavy atom. The average Bonchev–Trinajstić information content (AvgIpc) is 3.00. The van der Waals surface area contributed by atoms with Crippen LogP contribution in [0.2, 0.25) is 0 Å². The van der Waals surface area contributed by atoms with Crippen molar-refractivity contribution in [1.82, 2.24) is 10.6 Å². The fraction of sp³-hybridized carbons (Fsp3) is 0.156. The number of ether oxygens (including phenoxy) is 2. The number of nitrogen functional groups attached to an aromatic ring is 1. The number of hydrogen-bond donors (Lipinski definition) is 4. The minimum Gasteiger partial charge on any atom is -0.492 e. The van der Waals surface area contributed by atoms with E-state index in [1.807, 2.05) is 60.7 Å². The Morgan fingerprint density at radius 2 is 1.12 bits per heavy atom. The van der Waals surface area contributed by atoms with E-state index in [4.69, 9.17) is 15.2 Å². The molecule has 0 saturated carbocycles. The molecule has 0 fully saturated rings. The van der Waals surface area contributed by atoms with Crippen LogP contribution in [0.25, 0.3) is 0 Å². The summed E-state index contributed by atoms with van der Waals surface area (Å²) in [5.74, 6) is -1.13. The van der Waals surface area contributed by atoms with Gasteiger partial charge >= 0.3 is 0 Å². The van der Waals surface area contributed by atoms with Gasteiger partial charge in [-0.25, -0.2) is 0 Å². The van der Waals surface area contributed by atoms with Gasteiger partial charge in [-0.15, -0.1) is 0 Å². The number of carbonyl (C=O) groups excluding carboxylic acids is 3. The van der Waals surface area contributed by atoms with Crippen LogP contribution in [0.4, 0.5) is 11.4 Å². The molecule has 9 nitrogen and oxygen atoms in total. The van der Waals surface area contributed by atoms with E-state index in [2.05, 4.69) is 16.0 Å². The lowest BCUT2D eigenvalue weighted by atomic mass is 9.95. The highest BCUT2D eigenvalue weighted by atomic mass is 16.5. The van der Waals surface area contributed by atoms with E-state index in [0.29, 0.717) is 34.0 Å². The van der Waals surface area contributed by atoms with Crippen molar-refractivity contribution in [3.63, 3.8) is 0 Å². The Balaban J connectivity index is 1.40. The first-order chi connectivity index (χ1) is 20.0. The van der Waals surface area contributed by atoms with Gasteiger partial charge in [-0.3, -0.25) is 14.4 Å². The number of nitrogens with one attached hydrogen (secondary N) is 3. The van der Waals surface area contributed by atoms with Gasteiger partial charge in [0.1, 0.15) is 30.6 Å². The number of amides is 3. The maximum atomic E-state index is 13.2. The summed E-state index contributed by atoms with van der Waals surface area (Å²) in [6, 6.07) is 31.7. The normalized spacial score (nSPS) is 10.5. The summed E-state index contributed by atoms with van der Waals surface area (Å²) in [6.45, 7) is 0.870. The second-order valence-electron chi connectivity index (χ2n) is 9.00. The second kappa shape index (κ2) is 14.7. The third-order valence-corrected chi connectivity index (χ3v) is 6.07. The van der Waals surface area contributed by atoms with Crippen molar-refractivity contribution in [2.75, 3.05) is 37.4 Å². The van der Waals surface area contributed by atoms with Crippen LogP contribution >= 0.6 is 0 Å². The first-order valence-electron chi connectivity index (χ1n) is 13.2. The van der Waals surface area contributed by atoms with Crippen molar-refractivity contribution in [2.24, 2.45) is 0 Å². The third-order valence-electron chi connectivity index (χ3n) is 6.07. The Hall–Kier alpha value is -5.31. The Labute approximate surface area is 238 Å². The molecule has 4 aromatic carbocycles. The summed E-state index contributed by atoms with van der Waals surface area (Å²) in [5, 5.41) is 8.32. The van der Waals surface area contributed by atoms with Gasteiger partial charge < -0.3 is 31.2 Å². The van der Waals surface area contributed by atoms with Crippen molar-refractivity contribution in [3.05, 3.63) is 120 Å². The molecule has 0 unspecified atom stereocenters. The van der Waals surface area contributed by atoms with Crippen LogP contribution < -0.4 is 31.2 Å². The number of anilines is 2. The monoisotopic (exact) mass is 552 g/mol. The van der Waals surface area contributed by atoms with Gasteiger partial charge in [0, 0.05) is 5.56 Å². The quantitative estimate of drug-likeness (QED) is 0.113. The van der Waals surface area contributed by atoms with Gasteiger partial charge in [-0.1, -0.05) is 60.7 Å². The lowest BCUT2D eigenvalue weighted by Gasteiger charge is -2.18. The average molecular weight is 553 g/mol. The van der Waals surface area contributed by atoms with E-state index in [-0.39, 0.29) is 32.2 Å². The SMILES string of the molecule is Nc1ccccc1NC(=O)c1ccc(C(C(=O)NCCOc2ccccc2)C(=O)NCCOc2ccccc2)cc1. The summed E-state index contributed by atoms with van der Waals surface area (Å²) in [6.07, 6.45) is 0. The molecule has 4 aromatic rings. The predicted octanol–water partition coefficient (Wildman–Crippen LogP) is 4.00. The summed E-state index contributed by atoms with van der Waals surface area (Å²) < 4.78 is 11.3. The van der Waals surface area contributed by atoms with Gasteiger partial charge in [0.25, 0.3) is 5.91 Å². The van der Waals surface area contributed by atoms with Crippen LogP contribution in [0.3, 0.4) is 0 Å². The number of rotatable bonds is 13. The van der Waals surface area contributed by atoms with Crippen molar-refractivity contribution in [2.45, 2.75) is 5.92 Å². The minimum absolute atomic E-state index is 0.202. The maximum Gasteiger partial charge on any atom is 0.255 e. The molecule has 0 aliphatic heterocycles. The summed E-state index contributed by atoms with van der Waals surface area (Å²) in [4.78, 5) is 39.1. The number of carbonyl (C=O) groups is 3.